The summed E-state index contributed by atoms with van der Waals surface area (Å²) in [5.41, 5.74) is 0.979. The van der Waals surface area contributed by atoms with Crippen molar-refractivity contribution in [1.82, 2.24) is 10.2 Å². The van der Waals surface area contributed by atoms with Crippen LogP contribution in [0.4, 0.5) is 5.69 Å². The molecule has 1 aromatic rings. The highest BCUT2D eigenvalue weighted by atomic mass is 35.5. The van der Waals surface area contributed by atoms with Gasteiger partial charge < -0.3 is 15.1 Å². The zero-order chi connectivity index (χ0) is 14.4. The molecule has 0 aliphatic heterocycles. The summed E-state index contributed by atoms with van der Waals surface area (Å²) in [6, 6.07) is 9.91. The molecule has 1 saturated carbocycles. The maximum Gasteiger partial charge on any atom is 0.240 e. The van der Waals surface area contributed by atoms with E-state index in [1.54, 1.807) is 0 Å². The minimum absolute atomic E-state index is 0. The number of likely N-dealkylation sites (N-methyl/N-ethyl adjacent to an activating group) is 1. The molecule has 1 amide bonds. The molecule has 0 radical (unpaired) electrons. The van der Waals surface area contributed by atoms with E-state index in [0.29, 0.717) is 6.54 Å². The van der Waals surface area contributed by atoms with Gasteiger partial charge in [0.25, 0.3) is 0 Å². The average molecular weight is 348 g/mol. The molecule has 1 aliphatic carbocycles. The lowest BCUT2D eigenvalue weighted by Crippen LogP contribution is -2.42. The van der Waals surface area contributed by atoms with Crippen LogP contribution >= 0.6 is 24.8 Å². The quantitative estimate of drug-likeness (QED) is 0.784. The maximum atomic E-state index is 12.4. The average Bonchev–Trinajstić information content (AvgIpc) is 3.24. The molecule has 0 bridgehead atoms. The van der Waals surface area contributed by atoms with Crippen molar-refractivity contribution in [2.45, 2.75) is 12.8 Å². The molecular weight excluding hydrogens is 321 g/mol. The van der Waals surface area contributed by atoms with Crippen molar-refractivity contribution in [3.63, 3.8) is 0 Å². The van der Waals surface area contributed by atoms with E-state index in [2.05, 4.69) is 10.2 Å². The minimum atomic E-state index is 0. The van der Waals surface area contributed by atoms with Crippen LogP contribution in [0.1, 0.15) is 12.8 Å². The van der Waals surface area contributed by atoms with Crippen LogP contribution in [-0.2, 0) is 4.79 Å². The van der Waals surface area contributed by atoms with Gasteiger partial charge in [-0.25, -0.2) is 0 Å². The lowest BCUT2D eigenvalue weighted by Gasteiger charge is -2.24. The van der Waals surface area contributed by atoms with E-state index in [1.165, 1.54) is 12.8 Å². The number of nitrogens with zero attached hydrogens (tertiary/aromatic N) is 2. The Morgan fingerprint density at radius 2 is 1.77 bits per heavy atom. The van der Waals surface area contributed by atoms with Gasteiger partial charge in [-0.1, -0.05) is 18.2 Å². The molecule has 6 heteroatoms. The Hall–Kier alpha value is -0.810. The third kappa shape index (κ3) is 7.45. The minimum Gasteiger partial charge on any atom is -0.310 e. The Balaban J connectivity index is 0.00000220. The maximum absolute atomic E-state index is 12.4. The topological polar surface area (TPSA) is 35.6 Å². The number of para-hydroxylation sites is 1. The zero-order valence-electron chi connectivity index (χ0n) is 13.3. The summed E-state index contributed by atoms with van der Waals surface area (Å²) in [7, 11) is 4.05. The molecule has 1 N–H and O–H groups in total. The number of nitrogens with one attached hydrogen (secondary N) is 1. The van der Waals surface area contributed by atoms with Gasteiger partial charge in [0.15, 0.2) is 0 Å². The summed E-state index contributed by atoms with van der Waals surface area (Å²) in [5, 5.41) is 3.28. The molecule has 2 rings (SSSR count). The fraction of sp³-hybridized carbons (Fsp3) is 0.562. The summed E-state index contributed by atoms with van der Waals surface area (Å²) >= 11 is 0. The zero-order valence-corrected chi connectivity index (χ0v) is 15.0. The molecule has 0 saturated heterocycles. The first-order valence-electron chi connectivity index (χ1n) is 7.37. The van der Waals surface area contributed by atoms with Gasteiger partial charge in [0, 0.05) is 18.8 Å². The molecular formula is C16H27Cl2N3O. The number of carbonyl (C=O) groups is 1. The summed E-state index contributed by atoms with van der Waals surface area (Å²) in [6.45, 7) is 2.99. The van der Waals surface area contributed by atoms with Gasteiger partial charge in [-0.2, -0.15) is 0 Å². The van der Waals surface area contributed by atoms with Crippen LogP contribution < -0.4 is 10.2 Å². The van der Waals surface area contributed by atoms with Crippen LogP contribution in [0.25, 0.3) is 0 Å². The Labute approximate surface area is 146 Å². The molecule has 1 fully saturated rings. The molecule has 0 unspecified atom stereocenters. The van der Waals surface area contributed by atoms with Crippen molar-refractivity contribution in [2.75, 3.05) is 45.2 Å². The van der Waals surface area contributed by atoms with E-state index in [4.69, 9.17) is 0 Å². The third-order valence-corrected chi connectivity index (χ3v) is 3.55. The second kappa shape index (κ2) is 10.8. The van der Waals surface area contributed by atoms with Gasteiger partial charge in [0.2, 0.25) is 5.91 Å². The van der Waals surface area contributed by atoms with Crippen molar-refractivity contribution >= 4 is 36.4 Å². The first kappa shape index (κ1) is 21.2. The van der Waals surface area contributed by atoms with E-state index in [1.807, 2.05) is 49.3 Å². The molecule has 0 spiro atoms. The Bertz CT molecular complexity index is 425. The number of amides is 1. The summed E-state index contributed by atoms with van der Waals surface area (Å²) in [6.07, 6.45) is 2.62. The Kier molecular flexibility index (Phi) is 10.4. The number of rotatable bonds is 8. The number of benzene rings is 1. The normalized spacial score (nSPS) is 13.2. The molecule has 22 heavy (non-hydrogen) atoms. The van der Waals surface area contributed by atoms with Crippen molar-refractivity contribution in [2.24, 2.45) is 5.92 Å². The SMILES string of the molecule is CN(C)CCN(C(=O)CNCC1CC1)c1ccccc1.Cl.Cl. The Morgan fingerprint density at radius 3 is 2.32 bits per heavy atom. The van der Waals surface area contributed by atoms with Gasteiger partial charge in [-0.15, -0.1) is 24.8 Å². The van der Waals surface area contributed by atoms with Gasteiger partial charge >= 0.3 is 0 Å². The van der Waals surface area contributed by atoms with Gasteiger partial charge in [-0.3, -0.25) is 4.79 Å². The van der Waals surface area contributed by atoms with Crippen LogP contribution in [-0.4, -0.2) is 51.1 Å². The molecule has 1 aliphatic rings. The van der Waals surface area contributed by atoms with Gasteiger partial charge in [0.1, 0.15) is 0 Å². The molecule has 4 nitrogen and oxygen atoms in total. The van der Waals surface area contributed by atoms with E-state index >= 15 is 0 Å². The van der Waals surface area contributed by atoms with Crippen LogP contribution in [0, 0.1) is 5.92 Å². The summed E-state index contributed by atoms with van der Waals surface area (Å²) < 4.78 is 0. The number of carbonyl (C=O) groups excluding carboxylic acids is 1. The second-order valence-corrected chi connectivity index (χ2v) is 5.76. The second-order valence-electron chi connectivity index (χ2n) is 5.76. The highest BCUT2D eigenvalue weighted by molar-refractivity contribution is 5.94. The van der Waals surface area contributed by atoms with E-state index < -0.39 is 0 Å². The lowest BCUT2D eigenvalue weighted by atomic mass is 10.2. The largest absolute Gasteiger partial charge is 0.310 e. The third-order valence-electron chi connectivity index (χ3n) is 3.55. The molecule has 0 atom stereocenters. The van der Waals surface area contributed by atoms with Crippen molar-refractivity contribution < 1.29 is 4.79 Å². The van der Waals surface area contributed by atoms with Crippen molar-refractivity contribution in [3.8, 4) is 0 Å². The molecule has 0 aromatic heterocycles. The first-order chi connectivity index (χ1) is 9.66. The van der Waals surface area contributed by atoms with Gasteiger partial charge in [-0.05, 0) is 51.5 Å². The van der Waals surface area contributed by atoms with Crippen LogP contribution in [0.2, 0.25) is 0 Å². The fourth-order valence-corrected chi connectivity index (χ4v) is 2.11. The summed E-state index contributed by atoms with van der Waals surface area (Å²) in [5.74, 6) is 0.952. The number of hydrogen-bond donors (Lipinski definition) is 1. The summed E-state index contributed by atoms with van der Waals surface area (Å²) in [4.78, 5) is 16.4. The lowest BCUT2D eigenvalue weighted by molar-refractivity contribution is -0.117. The smallest absolute Gasteiger partial charge is 0.240 e. The number of hydrogen-bond acceptors (Lipinski definition) is 3. The monoisotopic (exact) mass is 347 g/mol. The predicted octanol–water partition coefficient (Wildman–Crippen LogP) is 2.42. The van der Waals surface area contributed by atoms with Gasteiger partial charge in [0.05, 0.1) is 6.54 Å². The van der Waals surface area contributed by atoms with Crippen LogP contribution in [0.15, 0.2) is 30.3 Å². The van der Waals surface area contributed by atoms with Crippen molar-refractivity contribution in [3.05, 3.63) is 30.3 Å². The molecule has 1 aromatic carbocycles. The highest BCUT2D eigenvalue weighted by Crippen LogP contribution is 2.27. The molecule has 126 valence electrons. The highest BCUT2D eigenvalue weighted by Gasteiger charge is 2.21. The van der Waals surface area contributed by atoms with Crippen molar-refractivity contribution in [1.29, 1.82) is 0 Å². The fourth-order valence-electron chi connectivity index (χ4n) is 2.11. The van der Waals surface area contributed by atoms with Crippen LogP contribution in [0.3, 0.4) is 0 Å². The first-order valence-corrected chi connectivity index (χ1v) is 7.37. The van der Waals surface area contributed by atoms with E-state index in [0.717, 1.165) is 31.2 Å². The van der Waals surface area contributed by atoms with E-state index in [-0.39, 0.29) is 30.7 Å². The Morgan fingerprint density at radius 1 is 1.14 bits per heavy atom. The predicted molar refractivity (Wildman–Crippen MR) is 97.4 cm³/mol. The van der Waals surface area contributed by atoms with Crippen LogP contribution in [0.5, 0.6) is 0 Å². The molecule has 0 heterocycles. The standard InChI is InChI=1S/C16H25N3O.2ClH/c1-18(2)10-11-19(15-6-4-3-5-7-15)16(20)13-17-12-14-8-9-14;;/h3-7,14,17H,8-13H2,1-2H3;2*1H. The number of halogens is 2. The number of anilines is 1. The van der Waals surface area contributed by atoms with E-state index in [9.17, 15) is 4.79 Å².